The van der Waals surface area contributed by atoms with Gasteiger partial charge in [-0.3, -0.25) is 14.5 Å². The lowest BCUT2D eigenvalue weighted by atomic mass is 10.1. The molecule has 0 radical (unpaired) electrons. The fourth-order valence-electron chi connectivity index (χ4n) is 3.78. The predicted octanol–water partition coefficient (Wildman–Crippen LogP) is 3.15. The van der Waals surface area contributed by atoms with Crippen molar-refractivity contribution in [3.63, 3.8) is 0 Å². The minimum absolute atomic E-state index is 0.0624. The molecule has 26 heavy (non-hydrogen) atoms. The van der Waals surface area contributed by atoms with Gasteiger partial charge in [-0.15, -0.1) is 0 Å². The quantitative estimate of drug-likeness (QED) is 0.786. The maximum Gasteiger partial charge on any atom is 0.254 e. The zero-order chi connectivity index (χ0) is 18.8. The first-order chi connectivity index (χ1) is 12.4. The Labute approximate surface area is 164 Å². The number of rotatable bonds is 3. The number of nitrogens with zero attached hydrogens (tertiary/aromatic N) is 3. The highest BCUT2D eigenvalue weighted by atomic mass is 35.5. The SMILES string of the molecule is CC(C)N1CCN(C(=O)[C@H]2CCCN2C(=O)c2cc(Cl)cc(Cl)c2)CC1. The Morgan fingerprint density at radius 2 is 1.62 bits per heavy atom. The number of piperazine rings is 1. The molecule has 1 aromatic carbocycles. The number of halogens is 2. The van der Waals surface area contributed by atoms with E-state index in [1.165, 1.54) is 0 Å². The molecule has 142 valence electrons. The Kier molecular flexibility index (Phi) is 6.10. The molecule has 0 unspecified atom stereocenters. The maximum absolute atomic E-state index is 13.0. The number of likely N-dealkylation sites (tertiary alicyclic amines) is 1. The molecule has 0 aliphatic carbocycles. The lowest BCUT2D eigenvalue weighted by Crippen LogP contribution is -2.55. The third-order valence-corrected chi connectivity index (χ3v) is 5.70. The zero-order valence-electron chi connectivity index (χ0n) is 15.3. The van der Waals surface area contributed by atoms with Crippen LogP contribution in [-0.4, -0.2) is 71.3 Å². The highest BCUT2D eigenvalue weighted by molar-refractivity contribution is 6.35. The van der Waals surface area contributed by atoms with Crippen molar-refractivity contribution in [3.05, 3.63) is 33.8 Å². The minimum Gasteiger partial charge on any atom is -0.338 e. The van der Waals surface area contributed by atoms with Crippen molar-refractivity contribution in [2.75, 3.05) is 32.7 Å². The summed E-state index contributed by atoms with van der Waals surface area (Å²) in [5.74, 6) is -0.113. The van der Waals surface area contributed by atoms with E-state index in [-0.39, 0.29) is 17.9 Å². The van der Waals surface area contributed by atoms with Gasteiger partial charge in [0.05, 0.1) is 0 Å². The summed E-state index contributed by atoms with van der Waals surface area (Å²) in [5, 5.41) is 0.848. The Balaban J connectivity index is 1.70. The van der Waals surface area contributed by atoms with Crippen LogP contribution in [0.2, 0.25) is 10.0 Å². The summed E-state index contributed by atoms with van der Waals surface area (Å²) in [6, 6.07) is 4.92. The summed E-state index contributed by atoms with van der Waals surface area (Å²) in [6.45, 7) is 8.14. The van der Waals surface area contributed by atoms with Crippen molar-refractivity contribution in [2.45, 2.75) is 38.8 Å². The lowest BCUT2D eigenvalue weighted by Gasteiger charge is -2.39. The molecule has 2 heterocycles. The molecule has 1 atom stereocenters. The van der Waals surface area contributed by atoms with E-state index in [0.717, 1.165) is 32.6 Å². The second-order valence-corrected chi connectivity index (χ2v) is 8.14. The van der Waals surface area contributed by atoms with Crippen LogP contribution in [0.4, 0.5) is 0 Å². The largest absolute Gasteiger partial charge is 0.338 e. The van der Waals surface area contributed by atoms with Crippen LogP contribution in [0.3, 0.4) is 0 Å². The van der Waals surface area contributed by atoms with Crippen LogP contribution < -0.4 is 0 Å². The Hall–Kier alpha value is -1.30. The fourth-order valence-corrected chi connectivity index (χ4v) is 4.31. The second-order valence-electron chi connectivity index (χ2n) is 7.27. The third kappa shape index (κ3) is 4.16. The summed E-state index contributed by atoms with van der Waals surface area (Å²) < 4.78 is 0. The summed E-state index contributed by atoms with van der Waals surface area (Å²) in [6.07, 6.45) is 1.55. The molecule has 0 N–H and O–H groups in total. The third-order valence-electron chi connectivity index (χ3n) is 5.26. The summed E-state index contributed by atoms with van der Waals surface area (Å²) in [7, 11) is 0. The van der Waals surface area contributed by atoms with Gasteiger partial charge in [0.25, 0.3) is 5.91 Å². The number of hydrogen-bond acceptors (Lipinski definition) is 3. The smallest absolute Gasteiger partial charge is 0.254 e. The van der Waals surface area contributed by atoms with Gasteiger partial charge in [0.15, 0.2) is 0 Å². The predicted molar refractivity (Wildman–Crippen MR) is 104 cm³/mol. The molecule has 0 saturated carbocycles. The van der Waals surface area contributed by atoms with Crippen LogP contribution in [0, 0.1) is 0 Å². The van der Waals surface area contributed by atoms with Crippen LogP contribution in [-0.2, 0) is 4.79 Å². The van der Waals surface area contributed by atoms with Crippen LogP contribution in [0.5, 0.6) is 0 Å². The van der Waals surface area contributed by atoms with Crippen molar-refractivity contribution < 1.29 is 9.59 Å². The minimum atomic E-state index is -0.383. The first kappa shape index (κ1) is 19.5. The topological polar surface area (TPSA) is 43.9 Å². The van der Waals surface area contributed by atoms with Crippen LogP contribution >= 0.6 is 23.2 Å². The van der Waals surface area contributed by atoms with Gasteiger partial charge in [0.2, 0.25) is 5.91 Å². The molecule has 0 aromatic heterocycles. The molecule has 2 saturated heterocycles. The number of hydrogen-bond donors (Lipinski definition) is 0. The Morgan fingerprint density at radius 3 is 2.19 bits per heavy atom. The molecule has 5 nitrogen and oxygen atoms in total. The molecule has 1 aromatic rings. The lowest BCUT2D eigenvalue weighted by molar-refractivity contribution is -0.137. The van der Waals surface area contributed by atoms with E-state index < -0.39 is 0 Å². The molecular weight excluding hydrogens is 373 g/mol. The van der Waals surface area contributed by atoms with Gasteiger partial charge >= 0.3 is 0 Å². The number of carbonyl (C=O) groups is 2. The first-order valence-corrected chi connectivity index (χ1v) is 9.92. The van der Waals surface area contributed by atoms with E-state index in [0.29, 0.717) is 34.6 Å². The molecule has 2 aliphatic rings. The number of amides is 2. The van der Waals surface area contributed by atoms with Gasteiger partial charge in [-0.2, -0.15) is 0 Å². The van der Waals surface area contributed by atoms with Gasteiger partial charge in [0, 0.05) is 54.4 Å². The molecule has 3 rings (SSSR count). The molecule has 2 fully saturated rings. The fraction of sp³-hybridized carbons (Fsp3) is 0.579. The normalized spacial score (nSPS) is 21.5. The van der Waals surface area contributed by atoms with Crippen molar-refractivity contribution in [1.29, 1.82) is 0 Å². The van der Waals surface area contributed by atoms with Crippen LogP contribution in [0.25, 0.3) is 0 Å². The van der Waals surface area contributed by atoms with E-state index in [1.54, 1.807) is 23.1 Å². The van der Waals surface area contributed by atoms with Crippen molar-refractivity contribution in [3.8, 4) is 0 Å². The van der Waals surface area contributed by atoms with Gasteiger partial charge in [-0.1, -0.05) is 23.2 Å². The van der Waals surface area contributed by atoms with E-state index in [9.17, 15) is 9.59 Å². The highest BCUT2D eigenvalue weighted by Crippen LogP contribution is 2.25. The second kappa shape index (κ2) is 8.15. The van der Waals surface area contributed by atoms with E-state index in [1.807, 2.05) is 4.90 Å². The van der Waals surface area contributed by atoms with Crippen LogP contribution in [0.15, 0.2) is 18.2 Å². The molecule has 2 amide bonds. The van der Waals surface area contributed by atoms with Crippen molar-refractivity contribution in [2.24, 2.45) is 0 Å². The Bertz CT molecular complexity index is 667. The van der Waals surface area contributed by atoms with Gasteiger partial charge in [-0.05, 0) is 44.9 Å². The summed E-state index contributed by atoms with van der Waals surface area (Å²) in [5.41, 5.74) is 0.437. The van der Waals surface area contributed by atoms with Gasteiger partial charge in [-0.25, -0.2) is 0 Å². The number of benzene rings is 1. The molecule has 2 aliphatic heterocycles. The van der Waals surface area contributed by atoms with Crippen molar-refractivity contribution >= 4 is 35.0 Å². The van der Waals surface area contributed by atoms with E-state index in [4.69, 9.17) is 23.2 Å². The summed E-state index contributed by atoms with van der Waals surface area (Å²) in [4.78, 5) is 31.9. The molecule has 0 spiro atoms. The average molecular weight is 398 g/mol. The molecule has 0 bridgehead atoms. The molecular formula is C19H25Cl2N3O2. The highest BCUT2D eigenvalue weighted by Gasteiger charge is 2.37. The molecule has 7 heteroatoms. The number of carbonyl (C=O) groups excluding carboxylic acids is 2. The van der Waals surface area contributed by atoms with Crippen LogP contribution in [0.1, 0.15) is 37.0 Å². The zero-order valence-corrected chi connectivity index (χ0v) is 16.8. The van der Waals surface area contributed by atoms with Gasteiger partial charge < -0.3 is 9.80 Å². The Morgan fingerprint density at radius 1 is 1.00 bits per heavy atom. The monoisotopic (exact) mass is 397 g/mol. The summed E-state index contributed by atoms with van der Waals surface area (Å²) >= 11 is 12.1. The van der Waals surface area contributed by atoms with E-state index in [2.05, 4.69) is 18.7 Å². The van der Waals surface area contributed by atoms with Gasteiger partial charge in [0.1, 0.15) is 6.04 Å². The first-order valence-electron chi connectivity index (χ1n) is 9.16. The average Bonchev–Trinajstić information content (AvgIpc) is 3.09. The van der Waals surface area contributed by atoms with Crippen molar-refractivity contribution in [1.82, 2.24) is 14.7 Å². The maximum atomic E-state index is 13.0. The van der Waals surface area contributed by atoms with E-state index >= 15 is 0 Å². The standard InChI is InChI=1S/C19H25Cl2N3O2/c1-13(2)22-6-8-23(9-7-22)19(26)17-4-3-5-24(17)18(25)14-10-15(20)12-16(21)11-14/h10-13,17H,3-9H2,1-2H3/t17-/m1/s1.